The quantitative estimate of drug-likeness (QED) is 0.756. The van der Waals surface area contributed by atoms with Crippen molar-refractivity contribution in [3.63, 3.8) is 0 Å². The van der Waals surface area contributed by atoms with Crippen molar-refractivity contribution < 1.29 is 22.7 Å². The van der Waals surface area contributed by atoms with E-state index in [0.29, 0.717) is 0 Å². The maximum absolute atomic E-state index is 12.9. The predicted molar refractivity (Wildman–Crippen MR) is 48.0 cm³/mol. The van der Waals surface area contributed by atoms with Crippen LogP contribution in [0.4, 0.5) is 13.2 Å². The molecule has 0 aliphatic rings. The average Bonchev–Trinajstić information content (AvgIpc) is 2.12. The van der Waals surface area contributed by atoms with Crippen LogP contribution in [-0.4, -0.2) is 12.4 Å². The number of ether oxygens (including phenoxy) is 1. The van der Waals surface area contributed by atoms with Gasteiger partial charge in [-0.3, -0.25) is 4.79 Å². The van der Waals surface area contributed by atoms with E-state index in [2.05, 4.69) is 4.74 Å². The number of hydrogen-bond donors (Lipinski definition) is 0. The molecule has 0 heterocycles. The van der Waals surface area contributed by atoms with Gasteiger partial charge in [0.2, 0.25) is 0 Å². The van der Waals surface area contributed by atoms with Crippen molar-refractivity contribution >= 4 is 17.4 Å². The zero-order chi connectivity index (χ0) is 11.6. The van der Waals surface area contributed by atoms with Crippen LogP contribution < -0.4 is 4.74 Å². The van der Waals surface area contributed by atoms with E-state index >= 15 is 0 Å². The molecule has 0 aliphatic heterocycles. The Labute approximate surface area is 88.6 Å². The summed E-state index contributed by atoms with van der Waals surface area (Å²) in [6, 6.07) is 1.96. The number of ketones is 1. The van der Waals surface area contributed by atoms with Crippen LogP contribution >= 0.6 is 11.6 Å². The van der Waals surface area contributed by atoms with Crippen molar-refractivity contribution in [3.05, 3.63) is 28.5 Å². The Morgan fingerprint density at radius 2 is 2.07 bits per heavy atom. The van der Waals surface area contributed by atoms with Gasteiger partial charge < -0.3 is 4.74 Å². The number of halogens is 4. The minimum Gasteiger partial charge on any atom is -0.432 e. The number of carbonyl (C=O) groups excluding carboxylic acids is 1. The Bertz CT molecular complexity index is 393. The van der Waals surface area contributed by atoms with Gasteiger partial charge in [-0.05, 0) is 19.1 Å². The Morgan fingerprint density at radius 1 is 1.47 bits per heavy atom. The first-order chi connectivity index (χ1) is 6.93. The highest BCUT2D eigenvalue weighted by Gasteiger charge is 2.19. The van der Waals surface area contributed by atoms with Crippen LogP contribution in [-0.2, 0) is 0 Å². The lowest BCUT2D eigenvalue weighted by Gasteiger charge is -2.10. The standard InChI is InChI=1S/C9H6ClF3O2/c1-4(14)5-2-3-6(11)7(10)8(5)15-9(12)13/h2-3,9H,1H3. The summed E-state index contributed by atoms with van der Waals surface area (Å²) >= 11 is 5.40. The van der Waals surface area contributed by atoms with E-state index in [-0.39, 0.29) is 5.56 Å². The summed E-state index contributed by atoms with van der Waals surface area (Å²) in [7, 11) is 0. The molecule has 82 valence electrons. The lowest BCUT2D eigenvalue weighted by molar-refractivity contribution is -0.0502. The molecule has 0 atom stereocenters. The van der Waals surface area contributed by atoms with Crippen molar-refractivity contribution in [1.29, 1.82) is 0 Å². The molecule has 2 nitrogen and oxygen atoms in total. The fourth-order valence-electron chi connectivity index (χ4n) is 1.01. The van der Waals surface area contributed by atoms with Crippen LogP contribution in [0.3, 0.4) is 0 Å². The summed E-state index contributed by atoms with van der Waals surface area (Å²) in [5.41, 5.74) is -0.179. The van der Waals surface area contributed by atoms with Crippen LogP contribution in [0.1, 0.15) is 17.3 Å². The Kier molecular flexibility index (Phi) is 3.57. The molecule has 0 amide bonds. The lowest BCUT2D eigenvalue weighted by Crippen LogP contribution is -2.07. The monoisotopic (exact) mass is 238 g/mol. The first-order valence-corrected chi connectivity index (χ1v) is 4.25. The molecule has 0 radical (unpaired) electrons. The largest absolute Gasteiger partial charge is 0.432 e. The fraction of sp³-hybridized carbons (Fsp3) is 0.222. The van der Waals surface area contributed by atoms with E-state index in [1.165, 1.54) is 0 Å². The molecule has 1 rings (SSSR count). The van der Waals surface area contributed by atoms with E-state index in [4.69, 9.17) is 11.6 Å². The Morgan fingerprint density at radius 3 is 2.53 bits per heavy atom. The molecule has 0 fully saturated rings. The molecule has 0 saturated carbocycles. The molecular weight excluding hydrogens is 233 g/mol. The second kappa shape index (κ2) is 4.53. The minimum absolute atomic E-state index is 0.179. The maximum atomic E-state index is 12.9. The smallest absolute Gasteiger partial charge is 0.387 e. The molecule has 0 spiro atoms. The highest BCUT2D eigenvalue weighted by atomic mass is 35.5. The van der Waals surface area contributed by atoms with Gasteiger partial charge in [0.25, 0.3) is 0 Å². The summed E-state index contributed by atoms with van der Waals surface area (Å²) in [6.45, 7) is -2.02. The topological polar surface area (TPSA) is 26.3 Å². The van der Waals surface area contributed by atoms with E-state index in [1.54, 1.807) is 0 Å². The number of rotatable bonds is 3. The molecule has 0 unspecified atom stereocenters. The molecule has 1 aromatic rings. The molecule has 0 aromatic heterocycles. The van der Waals surface area contributed by atoms with Crippen LogP contribution in [0.25, 0.3) is 0 Å². The molecule has 0 bridgehead atoms. The van der Waals surface area contributed by atoms with E-state index < -0.39 is 29.0 Å². The number of carbonyl (C=O) groups is 1. The fourth-order valence-corrected chi connectivity index (χ4v) is 1.22. The van der Waals surface area contributed by atoms with Crippen LogP contribution in [0.15, 0.2) is 12.1 Å². The Balaban J connectivity index is 3.28. The third-order valence-corrected chi connectivity index (χ3v) is 1.99. The zero-order valence-corrected chi connectivity index (χ0v) is 8.32. The van der Waals surface area contributed by atoms with Gasteiger partial charge in [0.15, 0.2) is 11.5 Å². The van der Waals surface area contributed by atoms with Gasteiger partial charge in [-0.2, -0.15) is 8.78 Å². The summed E-state index contributed by atoms with van der Waals surface area (Å²) in [4.78, 5) is 11.0. The maximum Gasteiger partial charge on any atom is 0.387 e. The van der Waals surface area contributed by atoms with Gasteiger partial charge in [0.1, 0.15) is 10.8 Å². The van der Waals surface area contributed by atoms with Gasteiger partial charge in [-0.25, -0.2) is 4.39 Å². The number of hydrogen-bond acceptors (Lipinski definition) is 2. The summed E-state index contributed by atoms with van der Waals surface area (Å²) < 4.78 is 40.8. The predicted octanol–water partition coefficient (Wildman–Crippen LogP) is 3.28. The lowest BCUT2D eigenvalue weighted by atomic mass is 10.1. The highest BCUT2D eigenvalue weighted by Crippen LogP contribution is 2.32. The first kappa shape index (κ1) is 11.8. The van der Waals surface area contributed by atoms with Crippen molar-refractivity contribution in [2.75, 3.05) is 0 Å². The summed E-state index contributed by atoms with van der Waals surface area (Å²) in [5.74, 6) is -2.08. The summed E-state index contributed by atoms with van der Waals surface area (Å²) in [5, 5.41) is -0.622. The second-order valence-electron chi connectivity index (χ2n) is 2.67. The molecule has 1 aromatic carbocycles. The van der Waals surface area contributed by atoms with Crippen molar-refractivity contribution in [2.24, 2.45) is 0 Å². The molecule has 0 aliphatic carbocycles. The van der Waals surface area contributed by atoms with Crippen molar-refractivity contribution in [1.82, 2.24) is 0 Å². The van der Waals surface area contributed by atoms with E-state index in [0.717, 1.165) is 19.1 Å². The minimum atomic E-state index is -3.16. The SMILES string of the molecule is CC(=O)c1ccc(F)c(Cl)c1OC(F)F. The van der Waals surface area contributed by atoms with Crippen LogP contribution in [0.5, 0.6) is 5.75 Å². The van der Waals surface area contributed by atoms with Crippen LogP contribution in [0.2, 0.25) is 5.02 Å². The third-order valence-electron chi connectivity index (χ3n) is 1.64. The zero-order valence-electron chi connectivity index (χ0n) is 7.56. The van der Waals surface area contributed by atoms with Crippen molar-refractivity contribution in [2.45, 2.75) is 13.5 Å². The average molecular weight is 239 g/mol. The van der Waals surface area contributed by atoms with Gasteiger partial charge >= 0.3 is 6.61 Å². The van der Waals surface area contributed by atoms with Gasteiger partial charge in [0.05, 0.1) is 5.56 Å². The molecule has 0 N–H and O–H groups in total. The Hall–Kier alpha value is -1.23. The number of benzene rings is 1. The van der Waals surface area contributed by atoms with Gasteiger partial charge in [-0.1, -0.05) is 11.6 Å². The van der Waals surface area contributed by atoms with E-state index in [1.807, 2.05) is 0 Å². The molecule has 0 saturated heterocycles. The summed E-state index contributed by atoms with van der Waals surface area (Å²) in [6.07, 6.45) is 0. The highest BCUT2D eigenvalue weighted by molar-refractivity contribution is 6.32. The molecular formula is C9H6ClF3O2. The van der Waals surface area contributed by atoms with Crippen molar-refractivity contribution in [3.8, 4) is 5.75 Å². The second-order valence-corrected chi connectivity index (χ2v) is 3.05. The number of Topliss-reactive ketones (excluding diaryl/α,β-unsaturated/α-hetero) is 1. The van der Waals surface area contributed by atoms with Gasteiger partial charge in [0, 0.05) is 0 Å². The number of alkyl halides is 2. The molecule has 6 heteroatoms. The normalized spacial score (nSPS) is 10.5. The van der Waals surface area contributed by atoms with E-state index in [9.17, 15) is 18.0 Å². The first-order valence-electron chi connectivity index (χ1n) is 3.87. The van der Waals surface area contributed by atoms with Gasteiger partial charge in [-0.15, -0.1) is 0 Å². The molecule has 15 heavy (non-hydrogen) atoms. The van der Waals surface area contributed by atoms with Crippen LogP contribution in [0, 0.1) is 5.82 Å². The third kappa shape index (κ3) is 2.62.